The maximum atomic E-state index is 12.9. The summed E-state index contributed by atoms with van der Waals surface area (Å²) in [6.07, 6.45) is 0. The second kappa shape index (κ2) is 9.94. The minimum Gasteiger partial charge on any atom is -0.378 e. The fourth-order valence-corrected chi connectivity index (χ4v) is 4.82. The van der Waals surface area contributed by atoms with Crippen LogP contribution in [-0.2, 0) is 17.8 Å². The van der Waals surface area contributed by atoms with Crippen LogP contribution in [0.2, 0.25) is 0 Å². The monoisotopic (exact) mass is 421 g/mol. The normalized spacial score (nSPS) is 23.1. The Balaban J connectivity index is 1.38. The van der Waals surface area contributed by atoms with Crippen molar-refractivity contribution in [2.24, 2.45) is 0 Å². The van der Waals surface area contributed by atoms with Crippen LogP contribution in [0.3, 0.4) is 0 Å². The van der Waals surface area contributed by atoms with Gasteiger partial charge in [-0.25, -0.2) is 0 Å². The molecule has 5 nitrogen and oxygen atoms in total. The van der Waals surface area contributed by atoms with Crippen molar-refractivity contribution in [3.63, 3.8) is 0 Å². The molecule has 2 aromatic rings. The van der Waals surface area contributed by atoms with E-state index in [1.807, 2.05) is 17.0 Å². The molecule has 0 saturated carbocycles. The molecular formula is C26H35N3O2. The number of hydrogen-bond donors (Lipinski definition) is 0. The Morgan fingerprint density at radius 2 is 1.61 bits per heavy atom. The van der Waals surface area contributed by atoms with Crippen molar-refractivity contribution in [2.75, 3.05) is 39.4 Å². The number of piperazine rings is 1. The van der Waals surface area contributed by atoms with Gasteiger partial charge in [-0.1, -0.05) is 42.0 Å². The average Bonchev–Trinajstić information content (AvgIpc) is 2.78. The first kappa shape index (κ1) is 22.0. The summed E-state index contributed by atoms with van der Waals surface area (Å²) in [5.74, 6) is 0.120. The van der Waals surface area contributed by atoms with E-state index in [4.69, 9.17) is 4.74 Å². The number of amides is 1. The number of benzene rings is 2. The molecule has 2 unspecified atom stereocenters. The Kier molecular flexibility index (Phi) is 7.06. The zero-order chi connectivity index (χ0) is 21.8. The van der Waals surface area contributed by atoms with Gasteiger partial charge in [0.25, 0.3) is 5.91 Å². The van der Waals surface area contributed by atoms with E-state index in [1.165, 1.54) is 16.7 Å². The van der Waals surface area contributed by atoms with Gasteiger partial charge in [-0.2, -0.15) is 0 Å². The first-order valence-corrected chi connectivity index (χ1v) is 11.5. The third-order valence-electron chi connectivity index (χ3n) is 6.54. The van der Waals surface area contributed by atoms with E-state index in [9.17, 15) is 4.79 Å². The van der Waals surface area contributed by atoms with Crippen LogP contribution >= 0.6 is 0 Å². The van der Waals surface area contributed by atoms with Gasteiger partial charge in [0.15, 0.2) is 0 Å². The Labute approximate surface area is 186 Å². The molecule has 0 aliphatic carbocycles. The van der Waals surface area contributed by atoms with Crippen molar-refractivity contribution in [3.8, 4) is 0 Å². The Bertz CT molecular complexity index is 864. The van der Waals surface area contributed by atoms with E-state index in [-0.39, 0.29) is 5.91 Å². The first-order valence-electron chi connectivity index (χ1n) is 11.5. The molecule has 2 fully saturated rings. The molecule has 166 valence electrons. The fourth-order valence-electron chi connectivity index (χ4n) is 4.82. The summed E-state index contributed by atoms with van der Waals surface area (Å²) in [6, 6.07) is 18.0. The molecule has 2 aliphatic heterocycles. The highest BCUT2D eigenvalue weighted by Gasteiger charge is 2.29. The summed E-state index contributed by atoms with van der Waals surface area (Å²) in [4.78, 5) is 19.9. The topological polar surface area (TPSA) is 36.0 Å². The smallest absolute Gasteiger partial charge is 0.254 e. The Morgan fingerprint density at radius 3 is 2.29 bits per heavy atom. The summed E-state index contributed by atoms with van der Waals surface area (Å²) in [6.45, 7) is 13.4. The van der Waals surface area contributed by atoms with E-state index in [0.29, 0.717) is 38.4 Å². The van der Waals surface area contributed by atoms with E-state index >= 15 is 0 Å². The number of nitrogens with zero attached hydrogens (tertiary/aromatic N) is 3. The molecule has 0 radical (unpaired) electrons. The van der Waals surface area contributed by atoms with Crippen molar-refractivity contribution in [2.45, 2.75) is 45.9 Å². The molecule has 2 atom stereocenters. The number of aryl methyl sites for hydroxylation is 1. The predicted molar refractivity (Wildman–Crippen MR) is 124 cm³/mol. The van der Waals surface area contributed by atoms with Crippen LogP contribution in [0.1, 0.15) is 40.9 Å². The second-order valence-corrected chi connectivity index (χ2v) is 9.16. The number of hydrogen-bond acceptors (Lipinski definition) is 4. The fraction of sp³-hybridized carbons (Fsp3) is 0.500. The van der Waals surface area contributed by atoms with Crippen LogP contribution in [0.4, 0.5) is 0 Å². The summed E-state index contributed by atoms with van der Waals surface area (Å²) >= 11 is 0. The number of ether oxygens (including phenoxy) is 1. The zero-order valence-electron chi connectivity index (χ0n) is 19.1. The highest BCUT2D eigenvalue weighted by molar-refractivity contribution is 5.94. The summed E-state index contributed by atoms with van der Waals surface area (Å²) in [7, 11) is 0. The SMILES string of the molecule is Cc1ccc(CN2CC(C)N(Cc3cccc(C(=O)N4CCOCC4)c3)C(C)C2)cc1. The van der Waals surface area contributed by atoms with Crippen LogP contribution in [0, 0.1) is 6.92 Å². The first-order chi connectivity index (χ1) is 15.0. The van der Waals surface area contributed by atoms with Gasteiger partial charge in [0, 0.05) is 56.9 Å². The van der Waals surface area contributed by atoms with Crippen LogP contribution in [0.5, 0.6) is 0 Å². The molecule has 2 aliphatic rings. The third-order valence-corrected chi connectivity index (χ3v) is 6.54. The van der Waals surface area contributed by atoms with Gasteiger partial charge >= 0.3 is 0 Å². The molecule has 0 aromatic heterocycles. The van der Waals surface area contributed by atoms with Gasteiger partial charge < -0.3 is 9.64 Å². The van der Waals surface area contributed by atoms with Gasteiger partial charge in [0.2, 0.25) is 0 Å². The molecule has 1 amide bonds. The zero-order valence-corrected chi connectivity index (χ0v) is 19.1. The molecule has 4 rings (SSSR count). The van der Waals surface area contributed by atoms with Crippen LogP contribution in [0.25, 0.3) is 0 Å². The molecule has 31 heavy (non-hydrogen) atoms. The lowest BCUT2D eigenvalue weighted by Gasteiger charge is -2.44. The predicted octanol–water partition coefficient (Wildman–Crippen LogP) is 3.56. The summed E-state index contributed by atoms with van der Waals surface area (Å²) in [5, 5.41) is 0. The quantitative estimate of drug-likeness (QED) is 0.740. The maximum absolute atomic E-state index is 12.9. The van der Waals surface area contributed by atoms with E-state index < -0.39 is 0 Å². The molecule has 0 bridgehead atoms. The van der Waals surface area contributed by atoms with Crippen molar-refractivity contribution in [1.29, 1.82) is 0 Å². The average molecular weight is 422 g/mol. The van der Waals surface area contributed by atoms with Gasteiger partial charge in [-0.05, 0) is 44.0 Å². The highest BCUT2D eigenvalue weighted by Crippen LogP contribution is 2.21. The number of morpholine rings is 1. The molecule has 2 saturated heterocycles. The lowest BCUT2D eigenvalue weighted by molar-refractivity contribution is 0.0286. The minimum absolute atomic E-state index is 0.120. The molecular weight excluding hydrogens is 386 g/mol. The largest absolute Gasteiger partial charge is 0.378 e. The van der Waals surface area contributed by atoms with Crippen molar-refractivity contribution >= 4 is 5.91 Å². The number of carbonyl (C=O) groups excluding carboxylic acids is 1. The third kappa shape index (κ3) is 5.53. The van der Waals surface area contributed by atoms with Crippen LogP contribution in [0.15, 0.2) is 48.5 Å². The van der Waals surface area contributed by atoms with Crippen molar-refractivity contribution < 1.29 is 9.53 Å². The molecule has 5 heteroatoms. The molecule has 0 spiro atoms. The highest BCUT2D eigenvalue weighted by atomic mass is 16.5. The number of carbonyl (C=O) groups is 1. The minimum atomic E-state index is 0.120. The summed E-state index contributed by atoms with van der Waals surface area (Å²) < 4.78 is 5.38. The lowest BCUT2D eigenvalue weighted by atomic mass is 10.0. The summed E-state index contributed by atoms with van der Waals surface area (Å²) in [5.41, 5.74) is 4.69. The van der Waals surface area contributed by atoms with Crippen molar-refractivity contribution in [1.82, 2.24) is 14.7 Å². The molecule has 2 heterocycles. The molecule has 0 N–H and O–H groups in total. The lowest BCUT2D eigenvalue weighted by Crippen LogP contribution is -2.55. The van der Waals surface area contributed by atoms with E-state index in [0.717, 1.165) is 31.7 Å². The van der Waals surface area contributed by atoms with E-state index in [2.05, 4.69) is 67.0 Å². The number of rotatable bonds is 5. The standard InChI is InChI=1S/C26H35N3O2/c1-20-7-9-23(10-8-20)18-27-16-21(2)29(22(3)17-27)19-24-5-4-6-25(15-24)26(30)28-11-13-31-14-12-28/h4-10,15,21-22H,11-14,16-19H2,1-3H3. The van der Waals surface area contributed by atoms with E-state index in [1.54, 1.807) is 0 Å². The molecule has 2 aromatic carbocycles. The van der Waals surface area contributed by atoms with Crippen molar-refractivity contribution in [3.05, 3.63) is 70.8 Å². The van der Waals surface area contributed by atoms with Gasteiger partial charge in [0.1, 0.15) is 0 Å². The Morgan fingerprint density at radius 1 is 0.935 bits per heavy atom. The maximum Gasteiger partial charge on any atom is 0.254 e. The van der Waals surface area contributed by atoms with Crippen LogP contribution < -0.4 is 0 Å². The Hall–Kier alpha value is -2.21. The van der Waals surface area contributed by atoms with Crippen LogP contribution in [-0.4, -0.2) is 72.1 Å². The second-order valence-electron chi connectivity index (χ2n) is 9.16. The van der Waals surface area contributed by atoms with Gasteiger partial charge in [-0.15, -0.1) is 0 Å². The van der Waals surface area contributed by atoms with Gasteiger partial charge in [-0.3, -0.25) is 14.6 Å². The van der Waals surface area contributed by atoms with Gasteiger partial charge in [0.05, 0.1) is 13.2 Å².